The molecule has 1 aromatic heterocycles. The van der Waals surface area contributed by atoms with E-state index >= 15 is 0 Å². The summed E-state index contributed by atoms with van der Waals surface area (Å²) in [6, 6.07) is 3.63. The number of ether oxygens (including phenoxy) is 1. The summed E-state index contributed by atoms with van der Waals surface area (Å²) in [7, 11) is -0.619. The van der Waals surface area contributed by atoms with Gasteiger partial charge in [-0.2, -0.15) is 0 Å². The van der Waals surface area contributed by atoms with Crippen molar-refractivity contribution < 1.29 is 27.7 Å². The molecule has 10 heteroatoms. The molecule has 0 unspecified atom stereocenters. The van der Waals surface area contributed by atoms with Crippen LogP contribution in [0.1, 0.15) is 47.1 Å². The SMILES string of the molecule is CNc1ncccc1CN(C)C(=O)OCOP(=O)(OC(C)(C)C)OC(C)(C)C. The number of carbonyl (C=O) groups excluding carboxylic acids is 1. The molecule has 28 heavy (non-hydrogen) atoms. The van der Waals surface area contributed by atoms with E-state index in [2.05, 4.69) is 10.3 Å². The zero-order valence-electron chi connectivity index (χ0n) is 17.9. The first kappa shape index (κ1) is 24.4. The first-order valence-corrected chi connectivity index (χ1v) is 10.4. The molecule has 0 aliphatic carbocycles. The van der Waals surface area contributed by atoms with Gasteiger partial charge in [-0.1, -0.05) is 6.07 Å². The number of nitrogens with zero attached hydrogens (tertiary/aromatic N) is 2. The number of carbonyl (C=O) groups is 1. The summed E-state index contributed by atoms with van der Waals surface area (Å²) in [4.78, 5) is 17.8. The smallest absolute Gasteiger partial charge is 0.422 e. The summed E-state index contributed by atoms with van der Waals surface area (Å²) in [5, 5.41) is 2.96. The summed E-state index contributed by atoms with van der Waals surface area (Å²) in [6.07, 6.45) is 1.01. The van der Waals surface area contributed by atoms with Crippen LogP contribution in [-0.4, -0.2) is 48.1 Å². The molecule has 0 fully saturated rings. The van der Waals surface area contributed by atoms with Gasteiger partial charge in [-0.3, -0.25) is 9.05 Å². The van der Waals surface area contributed by atoms with Crippen LogP contribution in [0.5, 0.6) is 0 Å². The highest BCUT2D eigenvalue weighted by atomic mass is 31.2. The van der Waals surface area contributed by atoms with Gasteiger partial charge >= 0.3 is 13.9 Å². The molecular weight excluding hydrogens is 385 g/mol. The maximum atomic E-state index is 12.9. The molecule has 0 atom stereocenters. The highest BCUT2D eigenvalue weighted by molar-refractivity contribution is 7.48. The lowest BCUT2D eigenvalue weighted by Gasteiger charge is -2.30. The Balaban J connectivity index is 2.67. The van der Waals surface area contributed by atoms with Crippen molar-refractivity contribution in [3.05, 3.63) is 23.9 Å². The van der Waals surface area contributed by atoms with Crippen LogP contribution in [-0.2, 0) is 29.4 Å². The Morgan fingerprint density at radius 2 is 1.75 bits per heavy atom. The first-order valence-electron chi connectivity index (χ1n) is 8.90. The normalized spacial score (nSPS) is 12.6. The van der Waals surface area contributed by atoms with Crippen molar-refractivity contribution in [1.29, 1.82) is 0 Å². The molecule has 160 valence electrons. The third-order valence-corrected chi connectivity index (χ3v) is 4.98. The summed E-state index contributed by atoms with van der Waals surface area (Å²) >= 11 is 0. The molecule has 1 heterocycles. The van der Waals surface area contributed by atoms with Gasteiger partial charge in [-0.05, 0) is 47.6 Å². The molecule has 0 aliphatic heterocycles. The Hall–Kier alpha value is -1.67. The molecule has 1 rings (SSSR count). The van der Waals surface area contributed by atoms with Crippen molar-refractivity contribution in [2.45, 2.75) is 59.3 Å². The molecule has 0 saturated carbocycles. The Morgan fingerprint density at radius 3 is 2.25 bits per heavy atom. The molecule has 0 saturated heterocycles. The summed E-state index contributed by atoms with van der Waals surface area (Å²) < 4.78 is 34.1. The third-order valence-electron chi connectivity index (χ3n) is 3.01. The lowest BCUT2D eigenvalue weighted by Crippen LogP contribution is -2.29. The van der Waals surface area contributed by atoms with Gasteiger partial charge in [-0.25, -0.2) is 18.9 Å². The fraction of sp³-hybridized carbons (Fsp3) is 0.667. The van der Waals surface area contributed by atoms with Gasteiger partial charge in [0.15, 0.2) is 0 Å². The lowest BCUT2D eigenvalue weighted by atomic mass is 10.2. The second-order valence-corrected chi connectivity index (χ2v) is 9.65. The Bertz CT molecular complexity index is 679. The van der Waals surface area contributed by atoms with E-state index in [1.54, 1.807) is 67.9 Å². The van der Waals surface area contributed by atoms with E-state index in [0.717, 1.165) is 5.56 Å². The van der Waals surface area contributed by atoms with Crippen LogP contribution in [0.3, 0.4) is 0 Å². The van der Waals surface area contributed by atoms with Crippen LogP contribution in [0, 0.1) is 0 Å². The maximum Gasteiger partial charge on any atom is 0.478 e. The minimum Gasteiger partial charge on any atom is -0.422 e. The average Bonchev–Trinajstić information content (AvgIpc) is 2.51. The average molecular weight is 417 g/mol. The van der Waals surface area contributed by atoms with Crippen LogP contribution < -0.4 is 5.32 Å². The van der Waals surface area contributed by atoms with E-state index in [-0.39, 0.29) is 6.54 Å². The minimum atomic E-state index is -3.94. The van der Waals surface area contributed by atoms with E-state index < -0.39 is 31.9 Å². The number of anilines is 1. The topological polar surface area (TPSA) is 99.2 Å². The molecule has 0 bridgehead atoms. The molecule has 1 N–H and O–H groups in total. The summed E-state index contributed by atoms with van der Waals surface area (Å²) in [5.74, 6) is 0.667. The van der Waals surface area contributed by atoms with Crippen LogP contribution in [0.4, 0.5) is 10.6 Å². The third kappa shape index (κ3) is 9.01. The lowest BCUT2D eigenvalue weighted by molar-refractivity contribution is -0.0332. The second-order valence-electron chi connectivity index (χ2n) is 8.13. The predicted octanol–water partition coefficient (Wildman–Crippen LogP) is 4.40. The standard InChI is InChI=1S/C18H32N3O6P/c1-17(2,3)26-28(23,27-18(4,5)6)25-13-24-16(22)21(8)12-14-10-9-11-20-15(14)19-7/h9-11H,12-13H2,1-8H3,(H,19,20). The van der Waals surface area contributed by atoms with E-state index in [0.29, 0.717) is 5.82 Å². The zero-order valence-corrected chi connectivity index (χ0v) is 18.8. The van der Waals surface area contributed by atoms with Gasteiger partial charge < -0.3 is 15.0 Å². The molecule has 9 nitrogen and oxygen atoms in total. The maximum absolute atomic E-state index is 12.9. The molecule has 1 aromatic rings. The summed E-state index contributed by atoms with van der Waals surface area (Å²) in [6.45, 7) is 10.1. The predicted molar refractivity (Wildman–Crippen MR) is 107 cm³/mol. The van der Waals surface area contributed by atoms with Gasteiger partial charge in [0.25, 0.3) is 0 Å². The number of phosphoric acid groups is 1. The monoisotopic (exact) mass is 417 g/mol. The van der Waals surface area contributed by atoms with Crippen molar-refractivity contribution in [1.82, 2.24) is 9.88 Å². The Kier molecular flexibility index (Phi) is 8.44. The number of amides is 1. The molecular formula is C18H32N3O6P. The fourth-order valence-electron chi connectivity index (χ4n) is 2.11. The number of hydrogen-bond acceptors (Lipinski definition) is 8. The van der Waals surface area contributed by atoms with Gasteiger partial charge in [0.1, 0.15) is 5.82 Å². The second kappa shape index (κ2) is 9.69. The fourth-order valence-corrected chi connectivity index (χ4v) is 3.77. The molecule has 0 aliphatic rings. The number of hydrogen-bond donors (Lipinski definition) is 1. The minimum absolute atomic E-state index is 0.275. The molecule has 0 radical (unpaired) electrons. The van der Waals surface area contributed by atoms with E-state index in [9.17, 15) is 9.36 Å². The number of pyridine rings is 1. The van der Waals surface area contributed by atoms with Crippen molar-refractivity contribution in [3.63, 3.8) is 0 Å². The van der Waals surface area contributed by atoms with Gasteiger partial charge in [0.05, 0.1) is 17.7 Å². The van der Waals surface area contributed by atoms with Crippen molar-refractivity contribution in [3.8, 4) is 0 Å². The van der Waals surface area contributed by atoms with Gasteiger partial charge in [-0.15, -0.1) is 0 Å². The van der Waals surface area contributed by atoms with Gasteiger partial charge in [0, 0.05) is 25.9 Å². The first-order chi connectivity index (χ1) is 12.7. The van der Waals surface area contributed by atoms with E-state index in [1.807, 2.05) is 6.07 Å². The van der Waals surface area contributed by atoms with Crippen LogP contribution in [0.25, 0.3) is 0 Å². The van der Waals surface area contributed by atoms with Crippen molar-refractivity contribution >= 4 is 19.7 Å². The molecule has 1 amide bonds. The molecule has 0 aromatic carbocycles. The largest absolute Gasteiger partial charge is 0.478 e. The number of rotatable bonds is 8. The number of nitrogens with one attached hydrogen (secondary N) is 1. The zero-order chi connectivity index (χ0) is 21.6. The van der Waals surface area contributed by atoms with Crippen molar-refractivity contribution in [2.75, 3.05) is 26.2 Å². The van der Waals surface area contributed by atoms with Crippen LogP contribution in [0.2, 0.25) is 0 Å². The quantitative estimate of drug-likeness (QED) is 0.491. The highest BCUT2D eigenvalue weighted by Crippen LogP contribution is 2.55. The number of phosphoric ester groups is 1. The van der Waals surface area contributed by atoms with Gasteiger partial charge in [0.2, 0.25) is 6.79 Å². The van der Waals surface area contributed by atoms with Crippen LogP contribution >= 0.6 is 7.82 Å². The van der Waals surface area contributed by atoms with E-state index in [4.69, 9.17) is 18.3 Å². The van der Waals surface area contributed by atoms with Crippen LogP contribution in [0.15, 0.2) is 18.3 Å². The Morgan fingerprint density at radius 1 is 1.18 bits per heavy atom. The van der Waals surface area contributed by atoms with E-state index in [1.165, 1.54) is 4.90 Å². The summed E-state index contributed by atoms with van der Waals surface area (Å²) in [5.41, 5.74) is -0.722. The molecule has 0 spiro atoms. The van der Waals surface area contributed by atoms with Crippen molar-refractivity contribution in [2.24, 2.45) is 0 Å². The Labute approximate surface area is 167 Å². The highest BCUT2D eigenvalue weighted by Gasteiger charge is 2.37. The number of aromatic nitrogens is 1.